The van der Waals surface area contributed by atoms with Gasteiger partial charge in [-0.3, -0.25) is 18.0 Å². The number of hydrogen-bond donors (Lipinski definition) is 2. The van der Waals surface area contributed by atoms with Gasteiger partial charge in [-0.2, -0.15) is 30.0 Å². The van der Waals surface area contributed by atoms with E-state index in [2.05, 4.69) is 4.18 Å². The van der Waals surface area contributed by atoms with Gasteiger partial charge in [0.1, 0.15) is 12.2 Å². The quantitative estimate of drug-likeness (QED) is 0.341. The van der Waals surface area contributed by atoms with Crippen molar-refractivity contribution in [2.75, 3.05) is 0 Å². The van der Waals surface area contributed by atoms with Crippen LogP contribution in [0.15, 0.2) is 0 Å². The van der Waals surface area contributed by atoms with Gasteiger partial charge in [-0.05, 0) is 71.1 Å². The van der Waals surface area contributed by atoms with E-state index in [1.165, 1.54) is 6.92 Å². The molecule has 2 saturated carbocycles. The molecule has 17 heteroatoms. The first kappa shape index (κ1) is 36.5. The number of hydrogen-bond acceptors (Lipinski definition) is 10. The van der Waals surface area contributed by atoms with Gasteiger partial charge in [0.25, 0.3) is 0 Å². The molecule has 0 radical (unpaired) electrons. The van der Waals surface area contributed by atoms with Crippen molar-refractivity contribution in [1.29, 1.82) is 0 Å². The lowest BCUT2D eigenvalue weighted by atomic mass is 9.86. The average Bonchev–Trinajstić information content (AvgIpc) is 2.83. The highest BCUT2D eigenvalue weighted by atomic mass is 32.2. The van der Waals surface area contributed by atoms with Gasteiger partial charge in [-0.15, -0.1) is 0 Å². The van der Waals surface area contributed by atoms with E-state index < -0.39 is 62.9 Å². The van der Waals surface area contributed by atoms with Gasteiger partial charge in [0.2, 0.25) is 0 Å². The summed E-state index contributed by atoms with van der Waals surface area (Å²) < 4.78 is 102. The molecule has 0 aromatic rings. The zero-order chi connectivity index (χ0) is 30.9. The third kappa shape index (κ3) is 12.5. The third-order valence-electron chi connectivity index (χ3n) is 7.14. The molecular formula is C23H41F3N2O10S2. The van der Waals surface area contributed by atoms with Gasteiger partial charge < -0.3 is 9.47 Å². The van der Waals surface area contributed by atoms with Crippen molar-refractivity contribution in [2.24, 2.45) is 21.6 Å². The Kier molecular flexibility index (Phi) is 13.8. The summed E-state index contributed by atoms with van der Waals surface area (Å²) in [6.07, 6.45) is -2.96. The largest absolute Gasteiger partial charge is 0.462 e. The van der Waals surface area contributed by atoms with Gasteiger partial charge in [-0.25, -0.2) is 10.3 Å². The Balaban J connectivity index is 0.000000408. The first-order valence-electron chi connectivity index (χ1n) is 13.1. The fourth-order valence-electron chi connectivity index (χ4n) is 4.06. The monoisotopic (exact) mass is 626 g/mol. The minimum Gasteiger partial charge on any atom is -0.462 e. The number of esters is 2. The molecule has 0 saturated heterocycles. The molecule has 0 heterocycles. The molecule has 0 aliphatic heterocycles. The van der Waals surface area contributed by atoms with Crippen LogP contribution in [0.3, 0.4) is 0 Å². The van der Waals surface area contributed by atoms with E-state index in [1.54, 1.807) is 0 Å². The molecule has 40 heavy (non-hydrogen) atoms. The van der Waals surface area contributed by atoms with Crippen molar-refractivity contribution in [3.05, 3.63) is 0 Å². The molecular weight excluding hydrogens is 585 g/mol. The molecule has 2 atom stereocenters. The Bertz CT molecular complexity index is 1040. The minimum absolute atomic E-state index is 0.0941. The van der Waals surface area contributed by atoms with Crippen molar-refractivity contribution >= 4 is 32.5 Å². The van der Waals surface area contributed by atoms with Crippen LogP contribution in [0.1, 0.15) is 91.9 Å². The molecule has 2 fully saturated rings. The first-order chi connectivity index (χ1) is 18.2. The zero-order valence-electron chi connectivity index (χ0n) is 23.1. The van der Waals surface area contributed by atoms with Crippen molar-refractivity contribution in [3.8, 4) is 0 Å². The second kappa shape index (κ2) is 15.1. The summed E-state index contributed by atoms with van der Waals surface area (Å²) in [7, 11) is -7.96. The highest BCUT2D eigenvalue weighted by Gasteiger charge is 2.57. The van der Waals surface area contributed by atoms with Crippen LogP contribution in [0.5, 0.6) is 0 Å². The van der Waals surface area contributed by atoms with E-state index in [1.807, 2.05) is 13.8 Å². The van der Waals surface area contributed by atoms with Crippen LogP contribution >= 0.6 is 0 Å². The smallest absolute Gasteiger partial charge is 0.404 e. The molecule has 236 valence electrons. The van der Waals surface area contributed by atoms with Crippen LogP contribution in [0.25, 0.3) is 0 Å². The van der Waals surface area contributed by atoms with Crippen LogP contribution in [0.2, 0.25) is 0 Å². The fraction of sp³-hybridized carbons (Fsp3) is 0.913. The summed E-state index contributed by atoms with van der Waals surface area (Å²) in [5.41, 5.74) is -2.54. The predicted molar refractivity (Wildman–Crippen MR) is 137 cm³/mol. The Morgan fingerprint density at radius 3 is 1.43 bits per heavy atom. The number of rotatable bonds is 10. The summed E-state index contributed by atoms with van der Waals surface area (Å²) >= 11 is 0. The second-order valence-corrected chi connectivity index (χ2v) is 12.7. The lowest BCUT2D eigenvalue weighted by molar-refractivity contribution is -0.234. The molecule has 12 nitrogen and oxygen atoms in total. The van der Waals surface area contributed by atoms with E-state index in [9.17, 15) is 39.6 Å². The van der Waals surface area contributed by atoms with E-state index in [0.717, 1.165) is 13.3 Å². The van der Waals surface area contributed by atoms with E-state index in [0.29, 0.717) is 25.7 Å². The molecule has 0 spiro atoms. The number of alkyl halides is 3. The molecule has 0 aromatic carbocycles. The van der Waals surface area contributed by atoms with Gasteiger partial charge in [-0.1, -0.05) is 20.8 Å². The van der Waals surface area contributed by atoms with Crippen molar-refractivity contribution in [3.63, 3.8) is 0 Å². The predicted octanol–water partition coefficient (Wildman–Crippen LogP) is 3.15. The summed E-state index contributed by atoms with van der Waals surface area (Å²) in [6.45, 7) is 5.84. The van der Waals surface area contributed by atoms with Crippen LogP contribution in [-0.2, 0) is 48.0 Å². The molecule has 4 N–H and O–H groups in total. The third-order valence-corrected chi connectivity index (χ3v) is 8.22. The lowest BCUT2D eigenvalue weighted by Crippen LogP contribution is -2.45. The molecule has 0 bridgehead atoms. The number of carbonyl (C=O) groups excluding carboxylic acids is 2. The maximum absolute atomic E-state index is 13.0. The summed E-state index contributed by atoms with van der Waals surface area (Å²) in [5.74, 6) is -1.59. The standard InChI is InChI=1S/C12H20F3NO5S.C11H21NO5S/c1-3-11(2,12(13,14)15)10(17)20-8-4-6-9(7-5-8)21-22(16,18)19;1-3-8(2)11(13)16-9-4-6-10(7-5-9)17-18(12,14)15/h8-9H,3-7H2,1-2H3,(H2,16,18,19);8-10H,3-7H2,1-2H3,(H2,12,14,15). The Morgan fingerprint density at radius 1 is 0.775 bits per heavy atom. The van der Waals surface area contributed by atoms with Gasteiger partial charge >= 0.3 is 38.7 Å². The maximum atomic E-state index is 13.0. The second-order valence-electron chi connectivity index (χ2n) is 10.3. The van der Waals surface area contributed by atoms with Crippen LogP contribution in [0, 0.1) is 11.3 Å². The molecule has 2 aliphatic rings. The molecule has 0 aromatic heterocycles. The average molecular weight is 627 g/mol. The number of ether oxygens (including phenoxy) is 2. The Hall–Kier alpha value is -1.53. The maximum Gasteiger partial charge on any atom is 0.404 e. The highest BCUT2D eigenvalue weighted by molar-refractivity contribution is 7.84. The SMILES string of the molecule is CCC(C)(C(=O)OC1CCC(OS(N)(=O)=O)CC1)C(F)(F)F.CCC(C)C(=O)OC1CCC(OS(N)(=O)=O)CC1. The summed E-state index contributed by atoms with van der Waals surface area (Å²) in [6, 6.07) is 0. The van der Waals surface area contributed by atoms with E-state index >= 15 is 0 Å². The zero-order valence-corrected chi connectivity index (χ0v) is 24.8. The van der Waals surface area contributed by atoms with E-state index in [4.69, 9.17) is 23.9 Å². The van der Waals surface area contributed by atoms with Gasteiger partial charge in [0, 0.05) is 0 Å². The topological polar surface area (TPSA) is 191 Å². The first-order valence-corrected chi connectivity index (χ1v) is 16.0. The Labute approximate surface area is 234 Å². The number of carbonyl (C=O) groups is 2. The van der Waals surface area contributed by atoms with Crippen molar-refractivity contribution in [2.45, 2.75) is 122 Å². The van der Waals surface area contributed by atoms with Crippen molar-refractivity contribution in [1.82, 2.24) is 0 Å². The van der Waals surface area contributed by atoms with E-state index in [-0.39, 0.29) is 43.7 Å². The summed E-state index contributed by atoms with van der Waals surface area (Å²) in [5, 5.41) is 9.55. The molecule has 2 unspecified atom stereocenters. The molecule has 2 rings (SSSR count). The Morgan fingerprint density at radius 2 is 1.12 bits per heavy atom. The van der Waals surface area contributed by atoms with Gasteiger partial charge in [0.05, 0.1) is 18.1 Å². The molecule has 2 aliphatic carbocycles. The van der Waals surface area contributed by atoms with Gasteiger partial charge in [0.15, 0.2) is 5.41 Å². The van der Waals surface area contributed by atoms with Crippen LogP contribution in [0.4, 0.5) is 13.2 Å². The summed E-state index contributed by atoms with van der Waals surface area (Å²) in [4.78, 5) is 23.4. The number of halogens is 3. The van der Waals surface area contributed by atoms with Crippen molar-refractivity contribution < 1.29 is 57.4 Å². The lowest BCUT2D eigenvalue weighted by Gasteiger charge is -2.33. The van der Waals surface area contributed by atoms with Crippen LogP contribution < -0.4 is 10.3 Å². The number of nitrogens with two attached hydrogens (primary N) is 2. The molecule has 0 amide bonds. The minimum atomic E-state index is -4.69. The fourth-order valence-corrected chi connectivity index (χ4v) is 5.20. The van der Waals surface area contributed by atoms with Crippen LogP contribution in [-0.4, -0.2) is 59.4 Å². The highest BCUT2D eigenvalue weighted by Crippen LogP contribution is 2.42. The normalized spacial score (nSPS) is 26.4.